The second kappa shape index (κ2) is 9.27. The summed E-state index contributed by atoms with van der Waals surface area (Å²) in [6, 6.07) is 16.6. The minimum absolute atomic E-state index is 0.164. The second-order valence-corrected chi connectivity index (χ2v) is 8.32. The fourth-order valence-corrected chi connectivity index (χ4v) is 4.72. The highest BCUT2D eigenvalue weighted by Crippen LogP contribution is 2.46. The molecule has 28 heavy (non-hydrogen) atoms. The molecule has 1 fully saturated rings. The third kappa shape index (κ3) is 4.52. The number of rotatable bonds is 8. The molecule has 3 rings (SSSR count). The van der Waals surface area contributed by atoms with Crippen molar-refractivity contribution in [3.63, 3.8) is 0 Å². The van der Waals surface area contributed by atoms with Gasteiger partial charge < -0.3 is 15.2 Å². The zero-order chi connectivity index (χ0) is 20.1. The number of likely N-dealkylation sites (N-methyl/N-ethyl adjacent to an activating group) is 1. The number of likely N-dealkylation sites (tertiary alicyclic amines) is 1. The molecule has 0 saturated carbocycles. The lowest BCUT2D eigenvalue weighted by Gasteiger charge is -2.37. The first-order valence-corrected chi connectivity index (χ1v) is 10.3. The molecule has 1 saturated heterocycles. The zero-order valence-electron chi connectivity index (χ0n) is 17.0. The van der Waals surface area contributed by atoms with Gasteiger partial charge in [0.1, 0.15) is 5.75 Å². The number of benzene rings is 2. The van der Waals surface area contributed by atoms with Crippen molar-refractivity contribution >= 4 is 11.6 Å². The minimum Gasteiger partial charge on any atom is -0.497 e. The number of hydrogen-bond donors (Lipinski definition) is 2. The highest BCUT2D eigenvalue weighted by Gasteiger charge is 2.47. The SMILES string of the molecule is CCN1[C@@H](c2ccc(Cl)cc2)[C@@H](CNCc2cccc(OC)c2)C[C@@]1(C)CO. The van der Waals surface area contributed by atoms with Crippen molar-refractivity contribution in [1.29, 1.82) is 0 Å². The average molecular weight is 403 g/mol. The molecule has 2 aromatic carbocycles. The van der Waals surface area contributed by atoms with Gasteiger partial charge in [0, 0.05) is 29.7 Å². The summed E-state index contributed by atoms with van der Waals surface area (Å²) in [5.41, 5.74) is 2.26. The van der Waals surface area contributed by atoms with E-state index < -0.39 is 0 Å². The number of aliphatic hydroxyl groups is 1. The molecule has 0 radical (unpaired) electrons. The first-order valence-electron chi connectivity index (χ1n) is 9.97. The van der Waals surface area contributed by atoms with Gasteiger partial charge in [-0.15, -0.1) is 0 Å². The van der Waals surface area contributed by atoms with E-state index in [9.17, 15) is 5.11 Å². The average Bonchev–Trinajstić information content (AvgIpc) is 3.01. The Morgan fingerprint density at radius 1 is 1.25 bits per heavy atom. The molecule has 5 heteroatoms. The van der Waals surface area contributed by atoms with E-state index in [1.165, 1.54) is 11.1 Å². The van der Waals surface area contributed by atoms with Gasteiger partial charge in [-0.1, -0.05) is 42.8 Å². The van der Waals surface area contributed by atoms with Crippen LogP contribution in [0.25, 0.3) is 0 Å². The summed E-state index contributed by atoms with van der Waals surface area (Å²) in [5, 5.41) is 14.5. The van der Waals surface area contributed by atoms with Crippen LogP contribution in [0.2, 0.25) is 5.02 Å². The Morgan fingerprint density at radius 2 is 2.00 bits per heavy atom. The summed E-state index contributed by atoms with van der Waals surface area (Å²) in [5.74, 6) is 1.29. The molecular weight excluding hydrogens is 372 g/mol. The lowest BCUT2D eigenvalue weighted by Crippen LogP contribution is -2.45. The molecule has 1 aliphatic heterocycles. The van der Waals surface area contributed by atoms with Crippen molar-refractivity contribution < 1.29 is 9.84 Å². The Balaban J connectivity index is 1.75. The molecule has 4 nitrogen and oxygen atoms in total. The zero-order valence-corrected chi connectivity index (χ0v) is 17.7. The van der Waals surface area contributed by atoms with Gasteiger partial charge in [0.25, 0.3) is 0 Å². The van der Waals surface area contributed by atoms with E-state index in [2.05, 4.69) is 48.3 Å². The number of nitrogens with one attached hydrogen (secondary N) is 1. The predicted molar refractivity (Wildman–Crippen MR) is 115 cm³/mol. The van der Waals surface area contributed by atoms with Crippen LogP contribution in [0.3, 0.4) is 0 Å². The van der Waals surface area contributed by atoms with Crippen LogP contribution >= 0.6 is 11.6 Å². The van der Waals surface area contributed by atoms with Crippen LogP contribution in [-0.4, -0.2) is 42.4 Å². The van der Waals surface area contributed by atoms with E-state index in [0.29, 0.717) is 5.92 Å². The quantitative estimate of drug-likeness (QED) is 0.692. The van der Waals surface area contributed by atoms with E-state index in [4.69, 9.17) is 16.3 Å². The summed E-state index contributed by atoms with van der Waals surface area (Å²) in [6.07, 6.45) is 0.954. The number of aliphatic hydroxyl groups excluding tert-OH is 1. The van der Waals surface area contributed by atoms with E-state index >= 15 is 0 Å². The smallest absolute Gasteiger partial charge is 0.119 e. The highest BCUT2D eigenvalue weighted by molar-refractivity contribution is 6.30. The van der Waals surface area contributed by atoms with Crippen molar-refractivity contribution in [1.82, 2.24) is 10.2 Å². The van der Waals surface area contributed by atoms with E-state index in [1.807, 2.05) is 24.3 Å². The summed E-state index contributed by atoms with van der Waals surface area (Å²) >= 11 is 6.11. The van der Waals surface area contributed by atoms with Crippen molar-refractivity contribution in [2.45, 2.75) is 38.4 Å². The summed E-state index contributed by atoms with van der Waals surface area (Å²) in [6.45, 7) is 7.08. The van der Waals surface area contributed by atoms with Gasteiger partial charge >= 0.3 is 0 Å². The number of nitrogens with zero attached hydrogens (tertiary/aromatic N) is 1. The minimum atomic E-state index is -0.207. The van der Waals surface area contributed by atoms with E-state index in [1.54, 1.807) is 7.11 Å². The number of hydrogen-bond acceptors (Lipinski definition) is 4. The van der Waals surface area contributed by atoms with Gasteiger partial charge in [0.05, 0.1) is 13.7 Å². The van der Waals surface area contributed by atoms with Crippen molar-refractivity contribution in [3.05, 3.63) is 64.7 Å². The standard InChI is InChI=1S/C23H31ClN2O2/c1-4-26-22(18-8-10-20(24)11-9-18)19(13-23(26,2)16-27)15-25-14-17-6-5-7-21(12-17)28-3/h5-12,19,22,25,27H,4,13-16H2,1-3H3/t19-,22+,23+/m1/s1. The van der Waals surface area contributed by atoms with Crippen LogP contribution in [0.15, 0.2) is 48.5 Å². The van der Waals surface area contributed by atoms with Crippen LogP contribution in [0.4, 0.5) is 0 Å². The Labute approximate surface area is 173 Å². The van der Waals surface area contributed by atoms with Crippen LogP contribution in [-0.2, 0) is 6.54 Å². The number of ether oxygens (including phenoxy) is 1. The van der Waals surface area contributed by atoms with Gasteiger partial charge in [0.15, 0.2) is 0 Å². The third-order valence-electron chi connectivity index (χ3n) is 5.94. The molecule has 152 valence electrons. The van der Waals surface area contributed by atoms with Crippen LogP contribution < -0.4 is 10.1 Å². The van der Waals surface area contributed by atoms with Gasteiger partial charge in [-0.3, -0.25) is 4.90 Å². The highest BCUT2D eigenvalue weighted by atomic mass is 35.5. The largest absolute Gasteiger partial charge is 0.497 e. The maximum Gasteiger partial charge on any atom is 0.119 e. The molecular formula is C23H31ClN2O2. The number of halogens is 1. The Morgan fingerprint density at radius 3 is 2.64 bits per heavy atom. The predicted octanol–water partition coefficient (Wildman–Crippen LogP) is 4.27. The normalized spacial score (nSPS) is 25.2. The lowest BCUT2D eigenvalue weighted by molar-refractivity contribution is 0.0579. The monoisotopic (exact) mass is 402 g/mol. The van der Waals surface area contributed by atoms with E-state index in [-0.39, 0.29) is 18.2 Å². The Bertz CT molecular complexity index is 767. The molecule has 0 unspecified atom stereocenters. The lowest BCUT2D eigenvalue weighted by atomic mass is 9.90. The van der Waals surface area contributed by atoms with E-state index in [0.717, 1.165) is 36.8 Å². The molecule has 1 aliphatic rings. The molecule has 3 atom stereocenters. The molecule has 0 spiro atoms. The maximum atomic E-state index is 10.1. The fraction of sp³-hybridized carbons (Fsp3) is 0.478. The summed E-state index contributed by atoms with van der Waals surface area (Å²) < 4.78 is 5.32. The van der Waals surface area contributed by atoms with Gasteiger partial charge in [-0.2, -0.15) is 0 Å². The van der Waals surface area contributed by atoms with Gasteiger partial charge in [0.2, 0.25) is 0 Å². The van der Waals surface area contributed by atoms with Crippen LogP contribution in [0.5, 0.6) is 5.75 Å². The Hall–Kier alpha value is -1.59. The molecule has 1 heterocycles. The van der Waals surface area contributed by atoms with Crippen molar-refractivity contribution in [2.75, 3.05) is 26.8 Å². The number of methoxy groups -OCH3 is 1. The summed E-state index contributed by atoms with van der Waals surface area (Å²) in [4.78, 5) is 2.44. The first kappa shape index (κ1) is 21.1. The van der Waals surface area contributed by atoms with Crippen LogP contribution in [0.1, 0.15) is 37.4 Å². The summed E-state index contributed by atoms with van der Waals surface area (Å²) in [7, 11) is 1.69. The topological polar surface area (TPSA) is 44.7 Å². The van der Waals surface area contributed by atoms with Crippen molar-refractivity contribution in [2.24, 2.45) is 5.92 Å². The first-order chi connectivity index (χ1) is 13.5. The molecule has 0 aliphatic carbocycles. The molecule has 0 aromatic heterocycles. The van der Waals surface area contributed by atoms with Gasteiger partial charge in [-0.05, 0) is 61.2 Å². The maximum absolute atomic E-state index is 10.1. The van der Waals surface area contributed by atoms with Gasteiger partial charge in [-0.25, -0.2) is 0 Å². The van der Waals surface area contributed by atoms with Crippen molar-refractivity contribution in [3.8, 4) is 5.75 Å². The molecule has 2 aromatic rings. The van der Waals surface area contributed by atoms with Crippen LogP contribution in [0, 0.1) is 5.92 Å². The molecule has 0 amide bonds. The second-order valence-electron chi connectivity index (χ2n) is 7.88. The Kier molecular flexibility index (Phi) is 7.00. The third-order valence-corrected chi connectivity index (χ3v) is 6.19. The molecule has 0 bridgehead atoms. The fourth-order valence-electron chi connectivity index (χ4n) is 4.60. The molecule has 2 N–H and O–H groups in total.